The Kier molecular flexibility index (Phi) is 11.9. The van der Waals surface area contributed by atoms with E-state index in [0.29, 0.717) is 50.2 Å². The van der Waals surface area contributed by atoms with Crippen molar-refractivity contribution in [3.05, 3.63) is 100 Å². The Morgan fingerprint density at radius 1 is 1.29 bits per heavy atom. The van der Waals surface area contributed by atoms with Gasteiger partial charge in [0.25, 0.3) is 0 Å². The van der Waals surface area contributed by atoms with Gasteiger partial charge in [-0.1, -0.05) is 59.9 Å². The van der Waals surface area contributed by atoms with Gasteiger partial charge in [-0.25, -0.2) is 4.99 Å². The van der Waals surface area contributed by atoms with Gasteiger partial charge in [-0.05, 0) is 36.3 Å². The maximum absolute atomic E-state index is 10.3. The largest absolute Gasteiger partial charge is 0.492 e. The van der Waals surface area contributed by atoms with Crippen molar-refractivity contribution in [3.63, 3.8) is 0 Å². The topological polar surface area (TPSA) is 164 Å². The molecule has 1 aromatic rings. The van der Waals surface area contributed by atoms with Crippen LogP contribution in [-0.4, -0.2) is 35.8 Å². The number of ether oxygens (including phenoxy) is 1. The molecule has 1 aliphatic heterocycles. The lowest BCUT2D eigenvalue weighted by atomic mass is 9.91. The highest BCUT2D eigenvalue weighted by Gasteiger charge is 2.30. The normalized spacial score (nSPS) is 17.0. The van der Waals surface area contributed by atoms with Gasteiger partial charge in [0.1, 0.15) is 35.9 Å². The zero-order valence-corrected chi connectivity index (χ0v) is 22.4. The molecule has 1 aromatic carbocycles. The van der Waals surface area contributed by atoms with Crippen molar-refractivity contribution in [1.82, 2.24) is 0 Å². The lowest BCUT2D eigenvalue weighted by Crippen LogP contribution is -2.20. The van der Waals surface area contributed by atoms with Gasteiger partial charge in [0.2, 0.25) is 0 Å². The fourth-order valence-electron chi connectivity index (χ4n) is 3.21. The minimum absolute atomic E-state index is 0.0389. The summed E-state index contributed by atoms with van der Waals surface area (Å²) in [5, 5.41) is 19.7. The second-order valence-corrected chi connectivity index (χ2v) is 9.16. The number of hydrogen-bond acceptors (Lipinski definition) is 10. The molecule has 0 bridgehead atoms. The molecule has 1 aliphatic rings. The average molecular weight is 551 g/mol. The summed E-state index contributed by atoms with van der Waals surface area (Å²) in [6, 6.07) is 9.11. The van der Waals surface area contributed by atoms with Crippen LogP contribution < -0.4 is 16.3 Å². The lowest BCUT2D eigenvalue weighted by Gasteiger charge is -2.25. The first kappa shape index (κ1) is 30.0. The molecule has 0 saturated carbocycles. The van der Waals surface area contributed by atoms with Gasteiger partial charge in [0.15, 0.2) is 5.84 Å². The van der Waals surface area contributed by atoms with E-state index in [1.807, 2.05) is 6.92 Å². The van der Waals surface area contributed by atoms with Gasteiger partial charge in [0.05, 0.1) is 0 Å². The van der Waals surface area contributed by atoms with E-state index in [1.165, 1.54) is 18.0 Å². The Morgan fingerprint density at radius 3 is 2.58 bits per heavy atom. The number of rotatable bonds is 12. The Labute approximate surface area is 230 Å². The van der Waals surface area contributed by atoms with Gasteiger partial charge >= 0.3 is 0 Å². The van der Waals surface area contributed by atoms with Crippen LogP contribution in [0.25, 0.3) is 5.57 Å². The second-order valence-electron chi connectivity index (χ2n) is 7.61. The van der Waals surface area contributed by atoms with E-state index >= 15 is 0 Å². The smallest absolute Gasteiger partial charge is 0.191 e. The monoisotopic (exact) mass is 550 g/mol. The number of halogens is 1. The van der Waals surface area contributed by atoms with Gasteiger partial charge in [-0.3, -0.25) is 4.99 Å². The highest BCUT2D eigenvalue weighted by atomic mass is 35.5. The van der Waals surface area contributed by atoms with Crippen LogP contribution in [0.1, 0.15) is 12.5 Å². The number of amidine groups is 1. The summed E-state index contributed by atoms with van der Waals surface area (Å²) in [5.74, 6) is 6.31. The van der Waals surface area contributed by atoms with Crippen molar-refractivity contribution in [2.24, 2.45) is 37.1 Å². The van der Waals surface area contributed by atoms with Crippen molar-refractivity contribution in [1.29, 1.82) is 5.26 Å². The lowest BCUT2D eigenvalue weighted by molar-refractivity contribution is 0.328. The van der Waals surface area contributed by atoms with E-state index in [1.54, 1.807) is 36.4 Å². The van der Waals surface area contributed by atoms with E-state index in [9.17, 15) is 10.2 Å². The summed E-state index contributed by atoms with van der Waals surface area (Å²) in [6.45, 7) is 13.6. The first-order valence-corrected chi connectivity index (χ1v) is 12.5. The Bertz CT molecular complexity index is 1320. The van der Waals surface area contributed by atoms with Crippen LogP contribution in [0.3, 0.4) is 0 Å². The predicted molar refractivity (Wildman–Crippen MR) is 156 cm³/mol. The maximum atomic E-state index is 10.3. The van der Waals surface area contributed by atoms with E-state index in [4.69, 9.17) is 27.9 Å². The third-order valence-corrected chi connectivity index (χ3v) is 6.27. The number of thioether (sulfide) groups is 1. The first-order valence-electron chi connectivity index (χ1n) is 11.1. The molecule has 0 fully saturated rings. The van der Waals surface area contributed by atoms with Crippen LogP contribution >= 0.6 is 23.4 Å². The fraction of sp³-hybridized carbons (Fsp3) is 0.192. The number of allylic oxidation sites excluding steroid dienone is 4. The van der Waals surface area contributed by atoms with Crippen molar-refractivity contribution in [3.8, 4) is 11.8 Å². The van der Waals surface area contributed by atoms with E-state index in [0.717, 1.165) is 0 Å². The predicted octanol–water partition coefficient (Wildman–Crippen LogP) is 5.59. The molecule has 196 valence electrons. The fourth-order valence-corrected chi connectivity index (χ4v) is 4.24. The van der Waals surface area contributed by atoms with Crippen LogP contribution in [0.2, 0.25) is 0 Å². The molecule has 0 amide bonds. The van der Waals surface area contributed by atoms with Gasteiger partial charge in [-0.15, -0.1) is 16.9 Å². The summed E-state index contributed by atoms with van der Waals surface area (Å²) < 4.78 is 5.48. The molecule has 0 aliphatic carbocycles. The molecule has 0 spiro atoms. The average Bonchev–Trinajstić information content (AvgIpc) is 2.90. The van der Waals surface area contributed by atoms with Gasteiger partial charge in [-0.2, -0.15) is 10.2 Å². The number of hydrogen-bond donors (Lipinski definition) is 2. The molecule has 10 nitrogen and oxygen atoms in total. The second kappa shape index (κ2) is 15.1. The zero-order valence-electron chi connectivity index (χ0n) is 20.8. The third kappa shape index (κ3) is 8.40. The number of nitroso groups, excluding NO2 is 1. The summed E-state index contributed by atoms with van der Waals surface area (Å²) in [7, 11) is 0. The molecule has 0 saturated heterocycles. The molecule has 0 aromatic heterocycles. The molecule has 1 heterocycles. The van der Waals surface area contributed by atoms with Crippen molar-refractivity contribution in [2.45, 2.75) is 12.3 Å². The SMILES string of the molecule is C=C(Cl)/C=C\C(=C)C(C)=NC(=C)CSC1N=C(N=NN)C(C#N)=C(c2ccc(OCCN=O)cc2)C1=CN. The molecule has 4 N–H and O–H groups in total. The molecule has 2 rings (SSSR count). The van der Waals surface area contributed by atoms with E-state index < -0.39 is 5.37 Å². The van der Waals surface area contributed by atoms with E-state index in [-0.39, 0.29) is 24.6 Å². The summed E-state index contributed by atoms with van der Waals surface area (Å²) in [5.41, 5.74) is 9.93. The number of nitriles is 1. The van der Waals surface area contributed by atoms with Crippen molar-refractivity contribution >= 4 is 40.5 Å². The quantitative estimate of drug-likeness (QED) is 0.0654. The molecule has 1 atom stereocenters. The summed E-state index contributed by atoms with van der Waals surface area (Å²) in [6.07, 6.45) is 4.76. The Morgan fingerprint density at radius 2 is 2.00 bits per heavy atom. The van der Waals surface area contributed by atoms with Crippen LogP contribution in [0, 0.1) is 16.2 Å². The maximum Gasteiger partial charge on any atom is 0.191 e. The molecule has 0 radical (unpaired) electrons. The third-order valence-electron chi connectivity index (χ3n) is 4.97. The van der Waals surface area contributed by atoms with Crippen LogP contribution in [-0.2, 0) is 0 Å². The Hall–Kier alpha value is -4.27. The van der Waals surface area contributed by atoms with Gasteiger partial charge < -0.3 is 16.3 Å². The Balaban J connectivity index is 2.34. The van der Waals surface area contributed by atoms with Gasteiger partial charge in [0, 0.05) is 39.5 Å². The molecule has 1 unspecified atom stereocenters. The number of nitrogens with two attached hydrogens (primary N) is 2. The van der Waals surface area contributed by atoms with E-state index in [2.05, 4.69) is 51.3 Å². The van der Waals surface area contributed by atoms with Crippen molar-refractivity contribution < 1.29 is 4.74 Å². The number of benzene rings is 1. The molecule has 12 heteroatoms. The highest BCUT2D eigenvalue weighted by molar-refractivity contribution is 8.00. The van der Waals surface area contributed by atoms with Crippen LogP contribution in [0.5, 0.6) is 5.75 Å². The minimum Gasteiger partial charge on any atom is -0.492 e. The summed E-state index contributed by atoms with van der Waals surface area (Å²) in [4.78, 5) is 19.3. The summed E-state index contributed by atoms with van der Waals surface area (Å²) >= 11 is 7.15. The van der Waals surface area contributed by atoms with Crippen LogP contribution in [0.15, 0.2) is 115 Å². The molecular weight excluding hydrogens is 524 g/mol. The molecule has 38 heavy (non-hydrogen) atoms. The standard InChI is InChI=1S/C26H27ClN8O2S/c1-16(5-6-17(2)27)19(4)32-18(3)15-38-26-23(14-29)24(22(13-28)25(33-26)34-35-30)20-7-9-21(10-8-20)37-12-11-31-36/h5-10,14,26H,1-3,11-12,15,29H2,4H3,(H2,30,33,34)/b6-5-,23-14?,32-19?. The zero-order chi connectivity index (χ0) is 28.1. The first-order chi connectivity index (χ1) is 18.2. The molecular formula is C26H27ClN8O2S. The number of aliphatic imine (C=N–C) groups is 2. The van der Waals surface area contributed by atoms with Crippen molar-refractivity contribution in [2.75, 3.05) is 18.9 Å². The van der Waals surface area contributed by atoms with Crippen LogP contribution in [0.4, 0.5) is 0 Å². The highest BCUT2D eigenvalue weighted by Crippen LogP contribution is 2.39. The minimum atomic E-state index is -0.544. The number of nitrogens with zero attached hydrogens (tertiary/aromatic N) is 6. The number of dihydropyridines is 1.